The molecule has 1 saturated carbocycles. The highest BCUT2D eigenvalue weighted by molar-refractivity contribution is 5.84. The molecule has 22 heavy (non-hydrogen) atoms. The number of hydrogen-bond donors (Lipinski definition) is 2. The molecule has 1 aliphatic carbocycles. The van der Waals surface area contributed by atoms with E-state index in [9.17, 15) is 14.7 Å². The molecule has 0 aromatic heterocycles. The number of carboxylic acids is 1. The second-order valence-electron chi connectivity index (χ2n) is 5.63. The van der Waals surface area contributed by atoms with Crippen molar-refractivity contribution in [2.24, 2.45) is 11.8 Å². The molecule has 1 aromatic rings. The van der Waals surface area contributed by atoms with Gasteiger partial charge >= 0.3 is 5.97 Å². The average Bonchev–Trinajstić information content (AvgIpc) is 2.53. The summed E-state index contributed by atoms with van der Waals surface area (Å²) >= 11 is 0. The van der Waals surface area contributed by atoms with Gasteiger partial charge in [0, 0.05) is 6.54 Å². The van der Waals surface area contributed by atoms with Crippen molar-refractivity contribution >= 4 is 11.9 Å². The van der Waals surface area contributed by atoms with E-state index in [1.165, 1.54) is 0 Å². The van der Waals surface area contributed by atoms with E-state index < -0.39 is 17.8 Å². The molecule has 0 bridgehead atoms. The minimum atomic E-state index is -0.863. The first-order chi connectivity index (χ1) is 10.6. The van der Waals surface area contributed by atoms with E-state index in [0.717, 1.165) is 24.2 Å². The Labute approximate surface area is 130 Å². The first-order valence-electron chi connectivity index (χ1n) is 7.84. The maximum absolute atomic E-state index is 12.3. The van der Waals surface area contributed by atoms with Crippen LogP contribution in [0.25, 0.3) is 0 Å². The lowest BCUT2D eigenvalue weighted by atomic mass is 9.78. The molecule has 0 spiro atoms. The van der Waals surface area contributed by atoms with Gasteiger partial charge in [0.25, 0.3) is 0 Å². The second kappa shape index (κ2) is 7.82. The van der Waals surface area contributed by atoms with Crippen LogP contribution in [0.2, 0.25) is 0 Å². The van der Waals surface area contributed by atoms with E-state index >= 15 is 0 Å². The van der Waals surface area contributed by atoms with Crippen LogP contribution in [0.5, 0.6) is 5.75 Å². The summed E-state index contributed by atoms with van der Waals surface area (Å²) in [5.41, 5.74) is 0.946. The normalized spacial score (nSPS) is 21.1. The summed E-state index contributed by atoms with van der Waals surface area (Å²) in [6.07, 6.45) is 3.05. The first kappa shape index (κ1) is 16.3. The molecule has 5 nitrogen and oxygen atoms in total. The van der Waals surface area contributed by atoms with Crippen molar-refractivity contribution in [1.29, 1.82) is 0 Å². The minimum Gasteiger partial charge on any atom is -0.494 e. The van der Waals surface area contributed by atoms with Crippen LogP contribution >= 0.6 is 0 Å². The average molecular weight is 305 g/mol. The molecule has 2 atom stereocenters. The number of rotatable bonds is 6. The van der Waals surface area contributed by atoms with Crippen LogP contribution in [0, 0.1) is 11.8 Å². The number of carboxylic acid groups (broad SMARTS) is 1. The first-order valence-corrected chi connectivity index (χ1v) is 7.84. The van der Waals surface area contributed by atoms with E-state index in [-0.39, 0.29) is 5.91 Å². The molecule has 0 heterocycles. The van der Waals surface area contributed by atoms with Gasteiger partial charge in [-0.15, -0.1) is 0 Å². The van der Waals surface area contributed by atoms with E-state index in [2.05, 4.69) is 5.32 Å². The van der Waals surface area contributed by atoms with Gasteiger partial charge in [0.05, 0.1) is 18.4 Å². The smallest absolute Gasteiger partial charge is 0.307 e. The standard InChI is InChI=1S/C17H23NO4/c1-2-22-13-7-5-6-12(10-13)11-18-16(19)14-8-3-4-9-15(14)17(20)21/h5-7,10,14-15H,2-4,8-9,11H2,1H3,(H,18,19)(H,20,21). The second-order valence-corrected chi connectivity index (χ2v) is 5.63. The molecule has 120 valence electrons. The predicted octanol–water partition coefficient (Wildman–Crippen LogP) is 2.59. The fourth-order valence-electron chi connectivity index (χ4n) is 2.97. The van der Waals surface area contributed by atoms with Crippen molar-refractivity contribution in [1.82, 2.24) is 5.32 Å². The fourth-order valence-corrected chi connectivity index (χ4v) is 2.97. The Hall–Kier alpha value is -2.04. The number of amides is 1. The summed E-state index contributed by atoms with van der Waals surface area (Å²) in [6, 6.07) is 7.56. The van der Waals surface area contributed by atoms with E-state index in [0.29, 0.717) is 26.0 Å². The Bertz CT molecular complexity index is 529. The van der Waals surface area contributed by atoms with Crippen molar-refractivity contribution in [3.63, 3.8) is 0 Å². The fraction of sp³-hybridized carbons (Fsp3) is 0.529. The van der Waals surface area contributed by atoms with Gasteiger partial charge in [0.15, 0.2) is 0 Å². The molecule has 1 amide bonds. The van der Waals surface area contributed by atoms with Crippen molar-refractivity contribution in [2.75, 3.05) is 6.61 Å². The van der Waals surface area contributed by atoms with Gasteiger partial charge in [0.2, 0.25) is 5.91 Å². The largest absolute Gasteiger partial charge is 0.494 e. The summed E-state index contributed by atoms with van der Waals surface area (Å²) in [7, 11) is 0. The third-order valence-electron chi connectivity index (χ3n) is 4.10. The molecule has 2 rings (SSSR count). The summed E-state index contributed by atoms with van der Waals surface area (Å²) in [4.78, 5) is 23.6. The topological polar surface area (TPSA) is 75.6 Å². The number of nitrogens with one attached hydrogen (secondary N) is 1. The lowest BCUT2D eigenvalue weighted by Crippen LogP contribution is -2.39. The third kappa shape index (κ3) is 4.23. The zero-order valence-electron chi connectivity index (χ0n) is 12.9. The maximum atomic E-state index is 12.3. The number of ether oxygens (including phenoxy) is 1. The quantitative estimate of drug-likeness (QED) is 0.847. The Morgan fingerprint density at radius 1 is 1.27 bits per heavy atom. The van der Waals surface area contributed by atoms with Crippen LogP contribution in [-0.2, 0) is 16.1 Å². The van der Waals surface area contributed by atoms with Crippen molar-refractivity contribution in [3.8, 4) is 5.75 Å². The molecule has 5 heteroatoms. The number of hydrogen-bond acceptors (Lipinski definition) is 3. The number of carbonyl (C=O) groups excluding carboxylic acids is 1. The molecule has 0 aliphatic heterocycles. The van der Waals surface area contributed by atoms with Crippen LogP contribution in [0.1, 0.15) is 38.2 Å². The van der Waals surface area contributed by atoms with Crippen molar-refractivity contribution in [2.45, 2.75) is 39.2 Å². The lowest BCUT2D eigenvalue weighted by Gasteiger charge is -2.27. The van der Waals surface area contributed by atoms with E-state index in [1.54, 1.807) is 0 Å². The summed E-state index contributed by atoms with van der Waals surface area (Å²) < 4.78 is 5.43. The highest BCUT2D eigenvalue weighted by Gasteiger charge is 2.35. The molecule has 1 fully saturated rings. The minimum absolute atomic E-state index is 0.158. The van der Waals surface area contributed by atoms with Gasteiger partial charge in [-0.1, -0.05) is 25.0 Å². The van der Waals surface area contributed by atoms with E-state index in [1.807, 2.05) is 31.2 Å². The summed E-state index contributed by atoms with van der Waals surface area (Å²) in [5.74, 6) is -1.22. The Kier molecular flexibility index (Phi) is 5.81. The molecule has 1 aromatic carbocycles. The van der Waals surface area contributed by atoms with Crippen LogP contribution in [0.4, 0.5) is 0 Å². The Balaban J connectivity index is 1.94. The number of benzene rings is 1. The zero-order chi connectivity index (χ0) is 15.9. The van der Waals surface area contributed by atoms with E-state index in [4.69, 9.17) is 4.74 Å². The number of aliphatic carboxylic acids is 1. The van der Waals surface area contributed by atoms with Crippen molar-refractivity contribution in [3.05, 3.63) is 29.8 Å². The van der Waals surface area contributed by atoms with Crippen LogP contribution in [0.15, 0.2) is 24.3 Å². The molecule has 2 N–H and O–H groups in total. The highest BCUT2D eigenvalue weighted by atomic mass is 16.5. The lowest BCUT2D eigenvalue weighted by molar-refractivity contribution is -0.148. The monoisotopic (exact) mass is 305 g/mol. The third-order valence-corrected chi connectivity index (χ3v) is 4.10. The molecule has 0 saturated heterocycles. The van der Waals surface area contributed by atoms with Gasteiger partial charge < -0.3 is 15.2 Å². The van der Waals surface area contributed by atoms with Gasteiger partial charge in [-0.2, -0.15) is 0 Å². The van der Waals surface area contributed by atoms with Crippen LogP contribution in [-0.4, -0.2) is 23.6 Å². The maximum Gasteiger partial charge on any atom is 0.307 e. The van der Waals surface area contributed by atoms with Gasteiger partial charge in [-0.05, 0) is 37.5 Å². The molecular formula is C17H23NO4. The molecule has 1 aliphatic rings. The molecule has 0 radical (unpaired) electrons. The Morgan fingerprint density at radius 2 is 2.00 bits per heavy atom. The zero-order valence-corrected chi connectivity index (χ0v) is 12.9. The summed E-state index contributed by atoms with van der Waals surface area (Å²) in [5, 5.41) is 12.1. The van der Waals surface area contributed by atoms with Gasteiger partial charge in [0.1, 0.15) is 5.75 Å². The SMILES string of the molecule is CCOc1cccc(CNC(=O)C2CCCCC2C(=O)O)c1. The highest BCUT2D eigenvalue weighted by Crippen LogP contribution is 2.30. The van der Waals surface area contributed by atoms with Gasteiger partial charge in [-0.25, -0.2) is 0 Å². The molecule has 2 unspecified atom stereocenters. The number of carbonyl (C=O) groups is 2. The van der Waals surface area contributed by atoms with Gasteiger partial charge in [-0.3, -0.25) is 9.59 Å². The van der Waals surface area contributed by atoms with Crippen LogP contribution < -0.4 is 10.1 Å². The molecular weight excluding hydrogens is 282 g/mol. The summed E-state index contributed by atoms with van der Waals surface area (Å²) in [6.45, 7) is 2.91. The van der Waals surface area contributed by atoms with Crippen LogP contribution in [0.3, 0.4) is 0 Å². The van der Waals surface area contributed by atoms with Crippen molar-refractivity contribution < 1.29 is 19.4 Å². The Morgan fingerprint density at radius 3 is 2.68 bits per heavy atom. The predicted molar refractivity (Wildman–Crippen MR) is 82.5 cm³/mol.